The van der Waals surface area contributed by atoms with E-state index >= 15 is 0 Å². The first-order valence-corrected chi connectivity index (χ1v) is 7.90. The van der Waals surface area contributed by atoms with Crippen molar-refractivity contribution in [1.29, 1.82) is 0 Å². The summed E-state index contributed by atoms with van der Waals surface area (Å²) in [6.07, 6.45) is 2.37. The molecule has 0 fully saturated rings. The Morgan fingerprint density at radius 1 is 1.36 bits per heavy atom. The van der Waals surface area contributed by atoms with E-state index in [1.165, 1.54) is 12.8 Å². The zero-order valence-electron chi connectivity index (χ0n) is 13.3. The lowest BCUT2D eigenvalue weighted by Crippen LogP contribution is -2.19. The zero-order valence-corrected chi connectivity index (χ0v) is 14.0. The van der Waals surface area contributed by atoms with E-state index in [1.54, 1.807) is 13.0 Å². The van der Waals surface area contributed by atoms with Crippen LogP contribution in [0.4, 0.5) is 0 Å². The van der Waals surface area contributed by atoms with Crippen LogP contribution < -0.4 is 5.43 Å². The van der Waals surface area contributed by atoms with Crippen LogP contribution in [0.2, 0.25) is 5.02 Å². The Labute approximate surface area is 136 Å². The molecule has 0 saturated heterocycles. The minimum Gasteiger partial charge on any atom is -0.357 e. The van der Waals surface area contributed by atoms with Crippen molar-refractivity contribution in [3.05, 3.63) is 44.7 Å². The van der Waals surface area contributed by atoms with E-state index in [9.17, 15) is 4.79 Å². The Morgan fingerprint density at radius 2 is 2.14 bits per heavy atom. The fraction of sp³-hybridized carbons (Fsp3) is 0.389. The van der Waals surface area contributed by atoms with Crippen molar-refractivity contribution in [2.45, 2.75) is 26.7 Å². The average Bonchev–Trinajstić information content (AvgIpc) is 2.51. The lowest BCUT2D eigenvalue weighted by atomic mass is 10.1. The fourth-order valence-electron chi connectivity index (χ4n) is 2.25. The molecule has 0 saturated carbocycles. The summed E-state index contributed by atoms with van der Waals surface area (Å²) in [6, 6.07) is 5.61. The van der Waals surface area contributed by atoms with Gasteiger partial charge < -0.3 is 4.98 Å². The number of pyridine rings is 1. The van der Waals surface area contributed by atoms with Crippen molar-refractivity contribution in [3.63, 3.8) is 0 Å². The molecule has 1 aromatic carbocycles. The van der Waals surface area contributed by atoms with Crippen molar-refractivity contribution >= 4 is 22.5 Å². The second-order valence-corrected chi connectivity index (χ2v) is 5.92. The van der Waals surface area contributed by atoms with Crippen molar-refractivity contribution in [2.75, 3.05) is 20.1 Å². The molecular formula is C18H21ClN2O. The number of unbranched alkanes of at least 4 members (excludes halogenated alkanes) is 1. The maximum Gasteiger partial charge on any atom is 0.208 e. The number of hydrogen-bond acceptors (Lipinski definition) is 2. The molecule has 1 N–H and O–H groups in total. The first kappa shape index (κ1) is 16.6. The van der Waals surface area contributed by atoms with Gasteiger partial charge in [0, 0.05) is 22.2 Å². The standard InChI is InChI=1S/C18H21ClN2O/c1-4-5-10-21(3)11-6-7-14-8-9-16-15(12-14)18(22)17(19)13(2)20-16/h8-9,12H,4-5,10-11H2,1-3H3,(H,20,22). The molecule has 1 heterocycles. The number of aryl methyl sites for hydroxylation is 1. The molecule has 116 valence electrons. The van der Waals surface area contributed by atoms with Crippen LogP contribution in [0.3, 0.4) is 0 Å². The summed E-state index contributed by atoms with van der Waals surface area (Å²) in [5.41, 5.74) is 2.17. The van der Waals surface area contributed by atoms with E-state index in [0.717, 1.165) is 24.2 Å². The van der Waals surface area contributed by atoms with E-state index < -0.39 is 0 Å². The molecule has 1 aromatic heterocycles. The molecule has 0 aliphatic rings. The van der Waals surface area contributed by atoms with Crippen molar-refractivity contribution in [3.8, 4) is 11.8 Å². The van der Waals surface area contributed by atoms with Crippen molar-refractivity contribution < 1.29 is 0 Å². The van der Waals surface area contributed by atoms with Crippen LogP contribution in [0.5, 0.6) is 0 Å². The number of nitrogens with zero attached hydrogens (tertiary/aromatic N) is 1. The lowest BCUT2D eigenvalue weighted by Gasteiger charge is -2.11. The molecular weight excluding hydrogens is 296 g/mol. The smallest absolute Gasteiger partial charge is 0.208 e. The number of nitrogens with one attached hydrogen (secondary N) is 1. The van der Waals surface area contributed by atoms with Gasteiger partial charge in [-0.2, -0.15) is 0 Å². The van der Waals surface area contributed by atoms with Gasteiger partial charge in [0.05, 0.1) is 6.54 Å². The van der Waals surface area contributed by atoms with Crippen LogP contribution in [0.15, 0.2) is 23.0 Å². The molecule has 0 aliphatic heterocycles. The Kier molecular flexibility index (Phi) is 5.65. The summed E-state index contributed by atoms with van der Waals surface area (Å²) in [6.45, 7) is 5.75. The highest BCUT2D eigenvalue weighted by Gasteiger charge is 2.07. The first-order valence-electron chi connectivity index (χ1n) is 7.52. The summed E-state index contributed by atoms with van der Waals surface area (Å²) >= 11 is 6.02. The van der Waals surface area contributed by atoms with Gasteiger partial charge in [0.15, 0.2) is 0 Å². The van der Waals surface area contributed by atoms with Crippen LogP contribution in [0.1, 0.15) is 31.0 Å². The molecule has 4 heteroatoms. The maximum absolute atomic E-state index is 12.2. The highest BCUT2D eigenvalue weighted by Crippen LogP contribution is 2.15. The first-order chi connectivity index (χ1) is 10.5. The van der Waals surface area contributed by atoms with E-state index in [2.05, 4.69) is 35.7 Å². The van der Waals surface area contributed by atoms with Gasteiger partial charge in [0.1, 0.15) is 5.02 Å². The van der Waals surface area contributed by atoms with Gasteiger partial charge in [0.2, 0.25) is 5.43 Å². The molecule has 0 spiro atoms. The summed E-state index contributed by atoms with van der Waals surface area (Å²) in [7, 11) is 2.07. The van der Waals surface area contributed by atoms with E-state index in [4.69, 9.17) is 11.6 Å². The topological polar surface area (TPSA) is 36.1 Å². The number of rotatable bonds is 4. The third kappa shape index (κ3) is 3.91. The second kappa shape index (κ2) is 7.49. The lowest BCUT2D eigenvalue weighted by molar-refractivity contribution is 0.367. The van der Waals surface area contributed by atoms with Crippen LogP contribution in [-0.4, -0.2) is 30.0 Å². The number of halogens is 1. The number of aromatic amines is 1. The van der Waals surface area contributed by atoms with Gasteiger partial charge in [0.25, 0.3) is 0 Å². The quantitative estimate of drug-likeness (QED) is 0.875. The predicted molar refractivity (Wildman–Crippen MR) is 93.6 cm³/mol. The van der Waals surface area contributed by atoms with Crippen molar-refractivity contribution in [1.82, 2.24) is 9.88 Å². The summed E-state index contributed by atoms with van der Waals surface area (Å²) < 4.78 is 0. The Balaban J connectivity index is 2.22. The van der Waals surface area contributed by atoms with Gasteiger partial charge in [-0.25, -0.2) is 0 Å². The SMILES string of the molecule is CCCCN(C)CC#Cc1ccc2[nH]c(C)c(Cl)c(=O)c2c1. The van der Waals surface area contributed by atoms with Crippen LogP contribution in [-0.2, 0) is 0 Å². The summed E-state index contributed by atoms with van der Waals surface area (Å²) in [4.78, 5) is 17.5. The minimum atomic E-state index is -0.142. The predicted octanol–water partition coefficient (Wildman–Crippen LogP) is 3.57. The molecule has 0 atom stereocenters. The normalized spacial score (nSPS) is 10.8. The Hall–Kier alpha value is -1.76. The molecule has 0 amide bonds. The largest absolute Gasteiger partial charge is 0.357 e. The Bertz CT molecular complexity index is 783. The van der Waals surface area contributed by atoms with Gasteiger partial charge in [-0.3, -0.25) is 9.69 Å². The average molecular weight is 317 g/mol. The third-order valence-electron chi connectivity index (χ3n) is 3.59. The monoisotopic (exact) mass is 316 g/mol. The van der Waals surface area contributed by atoms with Crippen LogP contribution in [0, 0.1) is 18.8 Å². The molecule has 22 heavy (non-hydrogen) atoms. The number of fused-ring (bicyclic) bond motifs is 1. The van der Waals surface area contributed by atoms with E-state index in [0.29, 0.717) is 11.1 Å². The number of aromatic nitrogens is 1. The summed E-state index contributed by atoms with van der Waals surface area (Å²) in [5, 5.41) is 0.832. The van der Waals surface area contributed by atoms with Crippen LogP contribution in [0.25, 0.3) is 10.9 Å². The van der Waals surface area contributed by atoms with E-state index in [-0.39, 0.29) is 10.5 Å². The number of hydrogen-bond donors (Lipinski definition) is 1. The molecule has 3 nitrogen and oxygen atoms in total. The number of H-pyrrole nitrogens is 1. The van der Waals surface area contributed by atoms with Gasteiger partial charge >= 0.3 is 0 Å². The highest BCUT2D eigenvalue weighted by molar-refractivity contribution is 6.31. The van der Waals surface area contributed by atoms with Gasteiger partial charge in [-0.1, -0.05) is 36.8 Å². The highest BCUT2D eigenvalue weighted by atomic mass is 35.5. The Morgan fingerprint density at radius 3 is 2.86 bits per heavy atom. The fourth-order valence-corrected chi connectivity index (χ4v) is 2.40. The maximum atomic E-state index is 12.2. The summed E-state index contributed by atoms with van der Waals surface area (Å²) in [5.74, 6) is 6.27. The van der Waals surface area contributed by atoms with Crippen molar-refractivity contribution in [2.24, 2.45) is 0 Å². The molecule has 0 aliphatic carbocycles. The molecule has 0 bridgehead atoms. The molecule has 2 rings (SSSR count). The third-order valence-corrected chi connectivity index (χ3v) is 4.05. The molecule has 0 unspecified atom stereocenters. The zero-order chi connectivity index (χ0) is 16.1. The van der Waals surface area contributed by atoms with Gasteiger partial charge in [-0.15, -0.1) is 0 Å². The molecule has 0 radical (unpaired) electrons. The van der Waals surface area contributed by atoms with E-state index in [1.807, 2.05) is 12.1 Å². The molecule has 2 aromatic rings. The van der Waals surface area contributed by atoms with Crippen LogP contribution >= 0.6 is 11.6 Å². The van der Waals surface area contributed by atoms with Gasteiger partial charge in [-0.05, 0) is 45.1 Å². The second-order valence-electron chi connectivity index (χ2n) is 5.55. The number of benzene rings is 1. The minimum absolute atomic E-state index is 0.142.